The van der Waals surface area contributed by atoms with Gasteiger partial charge in [0.15, 0.2) is 11.5 Å². The van der Waals surface area contributed by atoms with Crippen molar-refractivity contribution in [2.24, 2.45) is 0 Å². The maximum absolute atomic E-state index is 13.1. The topological polar surface area (TPSA) is 63.9 Å². The van der Waals surface area contributed by atoms with E-state index in [1.165, 1.54) is 13.1 Å². The van der Waals surface area contributed by atoms with Gasteiger partial charge in [0.1, 0.15) is 0 Å². The second-order valence-electron chi connectivity index (χ2n) is 2.84. The van der Waals surface area contributed by atoms with E-state index in [1.54, 1.807) is 0 Å². The number of aromatic hydroxyl groups is 2. The zero-order chi connectivity index (χ0) is 10.9. The molecule has 0 saturated heterocycles. The molecule has 1 aromatic carbocycles. The zero-order valence-electron chi connectivity index (χ0n) is 7.33. The van der Waals surface area contributed by atoms with Crippen LogP contribution in [0.1, 0.15) is 5.56 Å². The quantitative estimate of drug-likeness (QED) is 0.714. The molecule has 78 valence electrons. The van der Waals surface area contributed by atoms with Gasteiger partial charge in [0.25, 0.3) is 0 Å². The normalized spacial score (nSPS) is 10.9. The largest absolute Gasteiger partial charge is 0.504 e. The molecule has 3 N–H and O–H groups in total. The maximum atomic E-state index is 13.1. The van der Waals surface area contributed by atoms with E-state index in [0.29, 0.717) is 0 Å². The molecule has 0 heterocycles. The minimum absolute atomic E-state index is 0.0400. The molecule has 0 amide bonds. The summed E-state index contributed by atoms with van der Waals surface area (Å²) >= 11 is 2.92. The number of hydroxylamine groups is 2. The lowest BCUT2D eigenvalue weighted by Crippen LogP contribution is -2.12. The second-order valence-corrected chi connectivity index (χ2v) is 3.70. The molecule has 0 aliphatic heterocycles. The standard InChI is InChI=1S/C8H9BrFNO3/c1-11(14)3-4-2-5(9)8(13)6(10)7(4)12/h2,12-14H,3H2,1H3. The highest BCUT2D eigenvalue weighted by Gasteiger charge is 2.16. The molecule has 0 fully saturated rings. The van der Waals surface area contributed by atoms with Crippen LogP contribution in [0.5, 0.6) is 11.5 Å². The lowest BCUT2D eigenvalue weighted by molar-refractivity contribution is -0.0736. The summed E-state index contributed by atoms with van der Waals surface area (Å²) in [6.45, 7) is -0.0400. The molecule has 0 bridgehead atoms. The van der Waals surface area contributed by atoms with Gasteiger partial charge in [-0.15, -0.1) is 0 Å². The fourth-order valence-electron chi connectivity index (χ4n) is 1.01. The highest BCUT2D eigenvalue weighted by molar-refractivity contribution is 9.10. The van der Waals surface area contributed by atoms with Gasteiger partial charge in [-0.3, -0.25) is 0 Å². The number of phenols is 2. The van der Waals surface area contributed by atoms with Crippen LogP contribution >= 0.6 is 15.9 Å². The molecule has 14 heavy (non-hydrogen) atoms. The Bertz CT molecular complexity index is 357. The summed E-state index contributed by atoms with van der Waals surface area (Å²) in [6.07, 6.45) is 0. The summed E-state index contributed by atoms with van der Waals surface area (Å²) in [4.78, 5) is 0. The van der Waals surface area contributed by atoms with E-state index < -0.39 is 17.3 Å². The molecule has 0 unspecified atom stereocenters. The molecule has 0 saturated carbocycles. The number of halogens is 2. The molecule has 4 nitrogen and oxygen atoms in total. The van der Waals surface area contributed by atoms with Crippen molar-refractivity contribution in [2.45, 2.75) is 6.54 Å². The number of nitrogens with zero attached hydrogens (tertiary/aromatic N) is 1. The summed E-state index contributed by atoms with van der Waals surface area (Å²) in [6, 6.07) is 1.33. The number of benzene rings is 1. The van der Waals surface area contributed by atoms with E-state index in [4.69, 9.17) is 10.3 Å². The second kappa shape index (κ2) is 4.12. The maximum Gasteiger partial charge on any atom is 0.207 e. The Hall–Kier alpha value is -0.850. The van der Waals surface area contributed by atoms with E-state index in [9.17, 15) is 9.50 Å². The first-order chi connectivity index (χ1) is 6.43. The Kier molecular flexibility index (Phi) is 3.30. The summed E-state index contributed by atoms with van der Waals surface area (Å²) in [5.74, 6) is -2.41. The molecular weight excluding hydrogens is 257 g/mol. The Morgan fingerprint density at radius 3 is 2.50 bits per heavy atom. The van der Waals surface area contributed by atoms with Crippen LogP contribution in [0.25, 0.3) is 0 Å². The molecule has 1 rings (SSSR count). The smallest absolute Gasteiger partial charge is 0.207 e. The van der Waals surface area contributed by atoms with Gasteiger partial charge in [0, 0.05) is 12.6 Å². The molecular formula is C8H9BrFNO3. The van der Waals surface area contributed by atoms with Crippen LogP contribution in [0.4, 0.5) is 4.39 Å². The van der Waals surface area contributed by atoms with Gasteiger partial charge in [-0.1, -0.05) is 0 Å². The van der Waals surface area contributed by atoms with Crippen molar-refractivity contribution in [3.05, 3.63) is 21.9 Å². The summed E-state index contributed by atoms with van der Waals surface area (Å²) in [5.41, 5.74) is 0.178. The van der Waals surface area contributed by atoms with E-state index >= 15 is 0 Å². The first-order valence-electron chi connectivity index (χ1n) is 3.72. The average Bonchev–Trinajstić information content (AvgIpc) is 2.10. The van der Waals surface area contributed by atoms with Crippen LogP contribution in [0, 0.1) is 5.82 Å². The molecule has 0 radical (unpaired) electrons. The van der Waals surface area contributed by atoms with Crippen LogP contribution in [0.15, 0.2) is 10.5 Å². The van der Waals surface area contributed by atoms with Crippen molar-refractivity contribution in [1.82, 2.24) is 5.06 Å². The number of phenolic OH excluding ortho intramolecular Hbond substituents is 2. The fourth-order valence-corrected chi connectivity index (χ4v) is 1.47. The molecule has 0 aromatic heterocycles. The lowest BCUT2D eigenvalue weighted by Gasteiger charge is -2.11. The molecule has 0 spiro atoms. The highest BCUT2D eigenvalue weighted by atomic mass is 79.9. The van der Waals surface area contributed by atoms with Crippen LogP contribution in [0.2, 0.25) is 0 Å². The van der Waals surface area contributed by atoms with Gasteiger partial charge >= 0.3 is 0 Å². The zero-order valence-corrected chi connectivity index (χ0v) is 8.92. The predicted molar refractivity (Wildman–Crippen MR) is 50.7 cm³/mol. The average molecular weight is 266 g/mol. The molecule has 0 atom stereocenters. The lowest BCUT2D eigenvalue weighted by atomic mass is 10.2. The Balaban J connectivity index is 3.19. The van der Waals surface area contributed by atoms with E-state index in [-0.39, 0.29) is 16.6 Å². The third-order valence-electron chi connectivity index (χ3n) is 1.65. The van der Waals surface area contributed by atoms with E-state index in [2.05, 4.69) is 15.9 Å². The monoisotopic (exact) mass is 265 g/mol. The molecule has 1 aromatic rings. The van der Waals surface area contributed by atoms with Crippen molar-refractivity contribution in [3.63, 3.8) is 0 Å². The van der Waals surface area contributed by atoms with Crippen molar-refractivity contribution in [3.8, 4) is 11.5 Å². The third kappa shape index (κ3) is 2.14. The number of hydrogen-bond acceptors (Lipinski definition) is 4. The fraction of sp³-hybridized carbons (Fsp3) is 0.250. The van der Waals surface area contributed by atoms with Crippen molar-refractivity contribution < 1.29 is 19.8 Å². The van der Waals surface area contributed by atoms with Gasteiger partial charge in [-0.25, -0.2) is 0 Å². The summed E-state index contributed by atoms with van der Waals surface area (Å²) in [5, 5.41) is 28.0. The first-order valence-corrected chi connectivity index (χ1v) is 4.51. The Morgan fingerprint density at radius 2 is 2.00 bits per heavy atom. The minimum Gasteiger partial charge on any atom is -0.504 e. The van der Waals surface area contributed by atoms with E-state index in [0.717, 1.165) is 5.06 Å². The third-order valence-corrected chi connectivity index (χ3v) is 2.25. The van der Waals surface area contributed by atoms with Gasteiger partial charge in [0.05, 0.1) is 11.0 Å². The Labute approximate surface area is 88.3 Å². The molecule has 0 aliphatic rings. The summed E-state index contributed by atoms with van der Waals surface area (Å²) < 4.78 is 13.2. The number of rotatable bonds is 2. The van der Waals surface area contributed by atoms with Crippen LogP contribution in [-0.4, -0.2) is 27.5 Å². The van der Waals surface area contributed by atoms with Crippen molar-refractivity contribution in [2.75, 3.05) is 7.05 Å². The first kappa shape index (κ1) is 11.2. The van der Waals surface area contributed by atoms with Crippen LogP contribution in [-0.2, 0) is 6.54 Å². The summed E-state index contributed by atoms with van der Waals surface area (Å²) in [7, 11) is 1.36. The van der Waals surface area contributed by atoms with Crippen LogP contribution in [0.3, 0.4) is 0 Å². The SMILES string of the molecule is CN(O)Cc1cc(Br)c(O)c(F)c1O. The highest BCUT2D eigenvalue weighted by Crippen LogP contribution is 2.35. The molecule has 0 aliphatic carbocycles. The van der Waals surface area contributed by atoms with Crippen LogP contribution < -0.4 is 0 Å². The van der Waals surface area contributed by atoms with E-state index in [1.807, 2.05) is 0 Å². The minimum atomic E-state index is -1.10. The molecule has 6 heteroatoms. The Morgan fingerprint density at radius 1 is 1.43 bits per heavy atom. The van der Waals surface area contributed by atoms with Gasteiger partial charge < -0.3 is 15.4 Å². The van der Waals surface area contributed by atoms with Gasteiger partial charge in [-0.2, -0.15) is 9.45 Å². The van der Waals surface area contributed by atoms with Gasteiger partial charge in [-0.05, 0) is 22.0 Å². The predicted octanol–water partition coefficient (Wildman–Crippen LogP) is 1.82. The van der Waals surface area contributed by atoms with Gasteiger partial charge in [0.2, 0.25) is 5.82 Å². The van der Waals surface area contributed by atoms with Crippen molar-refractivity contribution in [1.29, 1.82) is 0 Å². The number of hydrogen-bond donors (Lipinski definition) is 3. The van der Waals surface area contributed by atoms with Crippen molar-refractivity contribution >= 4 is 15.9 Å².